The lowest BCUT2D eigenvalue weighted by Gasteiger charge is -2.25. The number of benzene rings is 1. The molecule has 146 valence electrons. The van der Waals surface area contributed by atoms with Gasteiger partial charge in [-0.05, 0) is 25.0 Å². The van der Waals surface area contributed by atoms with E-state index in [1.54, 1.807) is 24.3 Å². The second kappa shape index (κ2) is 9.07. The normalized spacial score (nSPS) is 10.6. The lowest BCUT2D eigenvalue weighted by atomic mass is 10.1. The molecule has 0 unspecified atom stereocenters. The zero-order chi connectivity index (χ0) is 20.0. The molecular formula is C19H26N4O4. The van der Waals surface area contributed by atoms with Crippen molar-refractivity contribution in [3.05, 3.63) is 50.7 Å². The van der Waals surface area contributed by atoms with Gasteiger partial charge in [0.2, 0.25) is 0 Å². The van der Waals surface area contributed by atoms with Crippen LogP contribution in [-0.2, 0) is 6.54 Å². The molecule has 0 spiro atoms. The van der Waals surface area contributed by atoms with Crippen molar-refractivity contribution >= 4 is 17.4 Å². The molecule has 27 heavy (non-hydrogen) atoms. The molecule has 2 aromatic rings. The smallest absolute Gasteiger partial charge is 0.330 e. The van der Waals surface area contributed by atoms with Crippen LogP contribution in [0.1, 0.15) is 43.5 Å². The van der Waals surface area contributed by atoms with E-state index in [-0.39, 0.29) is 11.5 Å². The van der Waals surface area contributed by atoms with Crippen molar-refractivity contribution in [1.82, 2.24) is 9.55 Å². The number of nitrogens with zero attached hydrogens (tertiary/aromatic N) is 2. The van der Waals surface area contributed by atoms with E-state index in [0.29, 0.717) is 37.2 Å². The summed E-state index contributed by atoms with van der Waals surface area (Å²) >= 11 is 0. The van der Waals surface area contributed by atoms with Gasteiger partial charge in [-0.25, -0.2) is 4.79 Å². The molecule has 1 amide bonds. The summed E-state index contributed by atoms with van der Waals surface area (Å²) in [6, 6.07) is 6.79. The summed E-state index contributed by atoms with van der Waals surface area (Å²) in [6.45, 7) is 4.52. The third-order valence-corrected chi connectivity index (χ3v) is 4.25. The van der Waals surface area contributed by atoms with E-state index in [4.69, 9.17) is 10.5 Å². The second-order valence-electron chi connectivity index (χ2n) is 6.16. The fourth-order valence-corrected chi connectivity index (χ4v) is 2.88. The van der Waals surface area contributed by atoms with Crippen LogP contribution in [-0.4, -0.2) is 29.1 Å². The summed E-state index contributed by atoms with van der Waals surface area (Å²) in [5.74, 6) is -0.00868. The number of anilines is 2. The summed E-state index contributed by atoms with van der Waals surface area (Å²) in [6.07, 6.45) is 2.15. The van der Waals surface area contributed by atoms with Gasteiger partial charge in [-0.3, -0.25) is 19.1 Å². The molecule has 0 aliphatic heterocycles. The number of carbonyl (C=O) groups excluding carboxylic acids is 1. The Bertz CT molecular complexity index is 917. The SMILES string of the molecule is CCCCN(C(=O)c1ccccc1OC)c1c(N)n(CCC)c(=O)[nH]c1=O. The van der Waals surface area contributed by atoms with E-state index in [2.05, 4.69) is 4.98 Å². The number of nitrogens with one attached hydrogen (secondary N) is 1. The minimum atomic E-state index is -0.677. The van der Waals surface area contributed by atoms with Crippen LogP contribution in [0, 0.1) is 0 Å². The number of rotatable bonds is 8. The molecule has 0 radical (unpaired) electrons. The molecule has 0 aliphatic carbocycles. The number of hydrogen-bond acceptors (Lipinski definition) is 5. The van der Waals surface area contributed by atoms with Crippen molar-refractivity contribution in [2.75, 3.05) is 24.3 Å². The topological polar surface area (TPSA) is 110 Å². The molecule has 1 heterocycles. The van der Waals surface area contributed by atoms with Crippen LogP contribution >= 0.6 is 0 Å². The summed E-state index contributed by atoms with van der Waals surface area (Å²) in [4.78, 5) is 41.5. The highest BCUT2D eigenvalue weighted by Gasteiger charge is 2.26. The first-order valence-corrected chi connectivity index (χ1v) is 9.03. The van der Waals surface area contributed by atoms with Crippen molar-refractivity contribution < 1.29 is 9.53 Å². The first kappa shape index (κ1) is 20.3. The Morgan fingerprint density at radius 1 is 1.22 bits per heavy atom. The van der Waals surface area contributed by atoms with Gasteiger partial charge in [-0.2, -0.15) is 0 Å². The lowest BCUT2D eigenvalue weighted by molar-refractivity contribution is 0.0983. The third-order valence-electron chi connectivity index (χ3n) is 4.25. The molecular weight excluding hydrogens is 348 g/mol. The number of nitrogens with two attached hydrogens (primary N) is 1. The molecule has 0 aliphatic rings. The molecule has 0 atom stereocenters. The van der Waals surface area contributed by atoms with E-state index in [0.717, 1.165) is 6.42 Å². The quantitative estimate of drug-likeness (QED) is 0.734. The van der Waals surface area contributed by atoms with Gasteiger partial charge in [0.15, 0.2) is 5.69 Å². The van der Waals surface area contributed by atoms with Crippen LogP contribution in [0.3, 0.4) is 0 Å². The first-order chi connectivity index (χ1) is 13.0. The number of ether oxygens (including phenoxy) is 1. The number of hydrogen-bond donors (Lipinski definition) is 2. The fraction of sp³-hybridized carbons (Fsp3) is 0.421. The van der Waals surface area contributed by atoms with Crippen LogP contribution < -0.4 is 26.6 Å². The van der Waals surface area contributed by atoms with Gasteiger partial charge in [0.05, 0.1) is 12.7 Å². The number of carbonyl (C=O) groups is 1. The minimum absolute atomic E-state index is 0.00703. The standard InChI is InChI=1S/C19H26N4O4/c1-4-6-12-22(18(25)13-9-7-8-10-14(13)27-3)15-16(20)23(11-5-2)19(26)21-17(15)24/h7-10H,4-6,11-12,20H2,1-3H3,(H,21,24,26). The monoisotopic (exact) mass is 374 g/mol. The summed E-state index contributed by atoms with van der Waals surface area (Å²) in [5, 5.41) is 0. The predicted molar refractivity (Wildman–Crippen MR) is 106 cm³/mol. The van der Waals surface area contributed by atoms with E-state index >= 15 is 0 Å². The van der Waals surface area contributed by atoms with E-state index in [9.17, 15) is 14.4 Å². The molecule has 0 saturated heterocycles. The van der Waals surface area contributed by atoms with E-state index in [1.165, 1.54) is 16.6 Å². The van der Waals surface area contributed by atoms with Gasteiger partial charge in [-0.1, -0.05) is 32.4 Å². The number of nitrogen functional groups attached to an aromatic ring is 1. The lowest BCUT2D eigenvalue weighted by Crippen LogP contribution is -2.41. The molecule has 3 N–H and O–H groups in total. The Balaban J connectivity index is 2.64. The molecule has 1 aromatic heterocycles. The number of para-hydroxylation sites is 1. The first-order valence-electron chi connectivity index (χ1n) is 9.03. The maximum Gasteiger partial charge on any atom is 0.330 e. The molecule has 1 aromatic carbocycles. The van der Waals surface area contributed by atoms with Crippen LogP contribution in [0.5, 0.6) is 5.75 Å². The Labute approximate surface area is 157 Å². The van der Waals surface area contributed by atoms with Crippen molar-refractivity contribution in [3.8, 4) is 5.75 Å². The van der Waals surface area contributed by atoms with Crippen LogP contribution in [0.25, 0.3) is 0 Å². The summed E-state index contributed by atoms with van der Waals surface area (Å²) < 4.78 is 6.56. The van der Waals surface area contributed by atoms with Gasteiger partial charge < -0.3 is 15.4 Å². The predicted octanol–water partition coefficient (Wildman–Crippen LogP) is 1.98. The van der Waals surface area contributed by atoms with Gasteiger partial charge in [0.1, 0.15) is 11.6 Å². The van der Waals surface area contributed by atoms with Gasteiger partial charge >= 0.3 is 5.69 Å². The molecule has 8 heteroatoms. The van der Waals surface area contributed by atoms with Crippen LogP contribution in [0.15, 0.2) is 33.9 Å². The Kier molecular flexibility index (Phi) is 6.81. The van der Waals surface area contributed by atoms with Crippen molar-refractivity contribution in [1.29, 1.82) is 0 Å². The zero-order valence-electron chi connectivity index (χ0n) is 15.9. The van der Waals surface area contributed by atoms with Crippen molar-refractivity contribution in [2.45, 2.75) is 39.7 Å². The molecule has 0 saturated carbocycles. The summed E-state index contributed by atoms with van der Waals surface area (Å²) in [7, 11) is 1.48. The van der Waals surface area contributed by atoms with Crippen LogP contribution in [0.2, 0.25) is 0 Å². The maximum atomic E-state index is 13.2. The molecule has 8 nitrogen and oxygen atoms in total. The van der Waals surface area contributed by atoms with Gasteiger partial charge in [0, 0.05) is 13.1 Å². The number of aromatic amines is 1. The average molecular weight is 374 g/mol. The van der Waals surface area contributed by atoms with Crippen molar-refractivity contribution in [3.63, 3.8) is 0 Å². The van der Waals surface area contributed by atoms with Gasteiger partial charge in [-0.15, -0.1) is 0 Å². The Hall–Kier alpha value is -3.03. The number of H-pyrrole nitrogens is 1. The number of aromatic nitrogens is 2. The summed E-state index contributed by atoms with van der Waals surface area (Å²) in [5.41, 5.74) is 5.21. The Morgan fingerprint density at radius 3 is 2.56 bits per heavy atom. The Morgan fingerprint density at radius 2 is 1.93 bits per heavy atom. The van der Waals surface area contributed by atoms with Crippen LogP contribution in [0.4, 0.5) is 11.5 Å². The fourth-order valence-electron chi connectivity index (χ4n) is 2.88. The highest BCUT2D eigenvalue weighted by molar-refractivity contribution is 6.08. The highest BCUT2D eigenvalue weighted by atomic mass is 16.5. The average Bonchev–Trinajstić information content (AvgIpc) is 2.67. The van der Waals surface area contributed by atoms with E-state index in [1.807, 2.05) is 13.8 Å². The zero-order valence-corrected chi connectivity index (χ0v) is 15.9. The minimum Gasteiger partial charge on any atom is -0.496 e. The third kappa shape index (κ3) is 4.21. The highest BCUT2D eigenvalue weighted by Crippen LogP contribution is 2.24. The van der Waals surface area contributed by atoms with E-state index < -0.39 is 17.2 Å². The maximum absolute atomic E-state index is 13.2. The van der Waals surface area contributed by atoms with Gasteiger partial charge in [0.25, 0.3) is 11.5 Å². The molecule has 0 fully saturated rings. The molecule has 2 rings (SSSR count). The van der Waals surface area contributed by atoms with Crippen molar-refractivity contribution in [2.24, 2.45) is 0 Å². The second-order valence-corrected chi connectivity index (χ2v) is 6.16. The largest absolute Gasteiger partial charge is 0.496 e. The number of unbranched alkanes of at least 4 members (excludes halogenated alkanes) is 1. The molecule has 0 bridgehead atoms. The number of amides is 1. The number of methoxy groups -OCH3 is 1.